The maximum Gasteiger partial charge on any atom is 0.309 e. The monoisotopic (exact) mass is 620 g/mol. The lowest BCUT2D eigenvalue weighted by atomic mass is 9.29. The van der Waals surface area contributed by atoms with E-state index in [1.807, 2.05) is 6.92 Å². The van der Waals surface area contributed by atoms with E-state index in [1.165, 1.54) is 43.2 Å². The second-order valence-corrected chi connectivity index (χ2v) is 18.3. The van der Waals surface area contributed by atoms with Crippen molar-refractivity contribution in [3.63, 3.8) is 0 Å². The van der Waals surface area contributed by atoms with Crippen LogP contribution in [0.4, 0.5) is 0 Å². The number of carboxylic acid groups (broad SMARTS) is 1. The minimum Gasteiger partial charge on any atom is -0.481 e. The summed E-state index contributed by atoms with van der Waals surface area (Å²) >= 11 is 0. The molecule has 0 unspecified atom stereocenters. The molecule has 5 aliphatic carbocycles. The summed E-state index contributed by atoms with van der Waals surface area (Å²) < 4.78 is 12.1. The second kappa shape index (κ2) is 10.3. The minimum atomic E-state index is -1.02. The van der Waals surface area contributed by atoms with E-state index >= 15 is 0 Å². The number of benzene rings is 1. The minimum absolute atomic E-state index is 0.0209. The van der Waals surface area contributed by atoms with Crippen LogP contribution in [0, 0.1) is 56.2 Å². The number of carbonyl (C=O) groups is 1. The number of fused-ring (bicyclic) bond motifs is 7. The fraction of sp³-hybridized carbons (Fsp3) is 0.825. The van der Waals surface area contributed by atoms with E-state index in [1.54, 1.807) is 7.11 Å². The van der Waals surface area contributed by atoms with Crippen LogP contribution in [0.15, 0.2) is 24.3 Å². The van der Waals surface area contributed by atoms with Gasteiger partial charge < -0.3 is 19.7 Å². The average molecular weight is 621 g/mol. The van der Waals surface area contributed by atoms with E-state index in [2.05, 4.69) is 58.9 Å². The summed E-state index contributed by atoms with van der Waals surface area (Å²) in [4.78, 5) is 12.5. The Morgan fingerprint density at radius 3 is 2.16 bits per heavy atom. The first-order chi connectivity index (χ1) is 21.1. The fourth-order valence-electron chi connectivity index (χ4n) is 13.8. The van der Waals surface area contributed by atoms with Gasteiger partial charge in [-0.1, -0.05) is 58.9 Å². The highest BCUT2D eigenvalue weighted by molar-refractivity contribution is 5.74. The number of methoxy groups -OCH3 is 1. The van der Waals surface area contributed by atoms with Crippen LogP contribution in [0.2, 0.25) is 0 Å². The van der Waals surface area contributed by atoms with Gasteiger partial charge in [0, 0.05) is 24.9 Å². The Bertz CT molecular complexity index is 1330. The lowest BCUT2D eigenvalue weighted by molar-refractivity contribution is -0.267. The molecule has 6 aliphatic rings. The third kappa shape index (κ3) is 4.24. The van der Waals surface area contributed by atoms with Crippen molar-refractivity contribution < 1.29 is 24.5 Å². The van der Waals surface area contributed by atoms with Crippen molar-refractivity contribution in [1.82, 2.24) is 0 Å². The molecule has 250 valence electrons. The number of rotatable bonds is 6. The molecule has 2 N–H and O–H groups in total. The van der Waals surface area contributed by atoms with Crippen LogP contribution in [0.3, 0.4) is 0 Å². The molecular formula is C40H60O5. The topological polar surface area (TPSA) is 76.0 Å². The zero-order valence-electron chi connectivity index (χ0n) is 29.2. The van der Waals surface area contributed by atoms with Gasteiger partial charge in [0.2, 0.25) is 0 Å². The first kappa shape index (κ1) is 32.1. The number of hydrogen-bond donors (Lipinski definition) is 2. The van der Waals surface area contributed by atoms with E-state index in [-0.39, 0.29) is 39.1 Å². The first-order valence-electron chi connectivity index (χ1n) is 18.3. The van der Waals surface area contributed by atoms with Crippen molar-refractivity contribution >= 4 is 5.97 Å². The molecule has 12 atom stereocenters. The molecule has 1 aromatic carbocycles. The van der Waals surface area contributed by atoms with Gasteiger partial charge in [0.05, 0.1) is 18.1 Å². The molecule has 6 fully saturated rings. The van der Waals surface area contributed by atoms with Gasteiger partial charge in [0.15, 0.2) is 5.79 Å². The third-order valence-corrected chi connectivity index (χ3v) is 16.9. The molecule has 0 aromatic heterocycles. The van der Waals surface area contributed by atoms with Crippen molar-refractivity contribution in [1.29, 1.82) is 0 Å². The van der Waals surface area contributed by atoms with Crippen LogP contribution in [0.1, 0.15) is 123 Å². The Hall–Kier alpha value is -1.43. The van der Waals surface area contributed by atoms with Gasteiger partial charge >= 0.3 is 5.97 Å². The predicted octanol–water partition coefficient (Wildman–Crippen LogP) is 8.45. The molecule has 1 heterocycles. The number of ether oxygens (including phenoxy) is 2. The number of hydrogen-bond acceptors (Lipinski definition) is 4. The second-order valence-electron chi connectivity index (χ2n) is 18.3. The third-order valence-electron chi connectivity index (χ3n) is 16.9. The van der Waals surface area contributed by atoms with Gasteiger partial charge in [-0.3, -0.25) is 4.79 Å². The van der Waals surface area contributed by atoms with Crippen LogP contribution in [-0.2, 0) is 27.1 Å². The summed E-state index contributed by atoms with van der Waals surface area (Å²) in [5, 5.41) is 22.3. The van der Waals surface area contributed by atoms with Crippen molar-refractivity contribution in [2.45, 2.75) is 137 Å². The van der Waals surface area contributed by atoms with Gasteiger partial charge in [0.25, 0.3) is 0 Å². The maximum absolute atomic E-state index is 12.5. The SMILES string of the molecule is COCCc1ccc(C[C@@H]2O[C@@]3(O)CC[C@H]4[C@]5(C)CC[C@@]6(C)[C@@H]7C[C@](C)(C(=O)O)CC[C@]7(C)CC[C@]6(C)[C@H]5CC[C@@]24[C@H]3C)cc1. The molecule has 2 bridgehead atoms. The average Bonchev–Trinajstić information content (AvgIpc) is 3.10. The van der Waals surface area contributed by atoms with Crippen LogP contribution >= 0.6 is 0 Å². The standard InChI is InChI=1S/C40H60O5/c1-26-39-15-12-29-36(4,20-22-38(6)31-25-35(3,33(41)42)18-17-34(31,2)19-21-37(29,38)5)30(39)13-16-40(26,43)45-32(39)24-28-10-8-27(9-11-28)14-23-44-7/h8-11,26,29-32,43H,12-25H2,1-7H3,(H,41,42)/t26-,29+,30+,31-,32+,34-,35-,36-,37-,38+,39+,40+/m1/s1. The molecule has 7 rings (SSSR count). The zero-order valence-corrected chi connectivity index (χ0v) is 29.2. The van der Waals surface area contributed by atoms with Crippen LogP contribution in [0.25, 0.3) is 0 Å². The highest BCUT2D eigenvalue weighted by Gasteiger charge is 2.76. The molecule has 1 aliphatic heterocycles. The van der Waals surface area contributed by atoms with Gasteiger partial charge in [-0.15, -0.1) is 0 Å². The summed E-state index contributed by atoms with van der Waals surface area (Å²) in [5.41, 5.74) is 2.73. The summed E-state index contributed by atoms with van der Waals surface area (Å²) in [6.07, 6.45) is 13.5. The molecular weight excluding hydrogens is 560 g/mol. The van der Waals surface area contributed by atoms with Crippen LogP contribution < -0.4 is 0 Å². The van der Waals surface area contributed by atoms with E-state index in [0.29, 0.717) is 17.8 Å². The highest BCUT2D eigenvalue weighted by Crippen LogP contribution is 2.80. The zero-order chi connectivity index (χ0) is 32.3. The van der Waals surface area contributed by atoms with E-state index < -0.39 is 17.2 Å². The molecule has 1 saturated heterocycles. The summed E-state index contributed by atoms with van der Waals surface area (Å²) in [5.74, 6) is 0.0914. The first-order valence-corrected chi connectivity index (χ1v) is 18.3. The van der Waals surface area contributed by atoms with E-state index in [4.69, 9.17) is 9.47 Å². The van der Waals surface area contributed by atoms with Gasteiger partial charge in [-0.25, -0.2) is 0 Å². The molecule has 0 amide bonds. The quantitative estimate of drug-likeness (QED) is 0.334. The van der Waals surface area contributed by atoms with Crippen molar-refractivity contribution in [3.05, 3.63) is 35.4 Å². The van der Waals surface area contributed by atoms with E-state index in [9.17, 15) is 15.0 Å². The van der Waals surface area contributed by atoms with Crippen LogP contribution in [0.5, 0.6) is 0 Å². The normalized spacial score (nSPS) is 51.9. The largest absolute Gasteiger partial charge is 0.481 e. The lowest BCUT2D eigenvalue weighted by Crippen LogP contribution is -2.69. The Balaban J connectivity index is 1.21. The Kier molecular flexibility index (Phi) is 7.34. The number of aliphatic carboxylic acids is 1. The molecule has 45 heavy (non-hydrogen) atoms. The summed E-state index contributed by atoms with van der Waals surface area (Å²) in [6, 6.07) is 9.01. The maximum atomic E-state index is 12.5. The molecule has 1 spiro atoms. The van der Waals surface area contributed by atoms with Crippen LogP contribution in [-0.4, -0.2) is 41.8 Å². The lowest BCUT2D eigenvalue weighted by Gasteiger charge is -2.75. The Morgan fingerprint density at radius 1 is 0.844 bits per heavy atom. The molecule has 5 nitrogen and oxygen atoms in total. The van der Waals surface area contributed by atoms with Crippen molar-refractivity contribution in [2.75, 3.05) is 13.7 Å². The smallest absolute Gasteiger partial charge is 0.309 e. The van der Waals surface area contributed by atoms with Gasteiger partial charge in [-0.2, -0.15) is 0 Å². The number of carboxylic acids is 1. The Morgan fingerprint density at radius 2 is 1.47 bits per heavy atom. The van der Waals surface area contributed by atoms with Gasteiger partial charge in [-0.05, 0) is 135 Å². The van der Waals surface area contributed by atoms with Crippen molar-refractivity contribution in [2.24, 2.45) is 56.2 Å². The van der Waals surface area contributed by atoms with Crippen molar-refractivity contribution in [3.8, 4) is 0 Å². The highest BCUT2D eigenvalue weighted by atomic mass is 16.6. The summed E-state index contributed by atoms with van der Waals surface area (Å²) in [6.45, 7) is 15.4. The molecule has 5 heteroatoms. The molecule has 1 aromatic rings. The summed E-state index contributed by atoms with van der Waals surface area (Å²) in [7, 11) is 1.75. The number of aliphatic hydroxyl groups is 1. The predicted molar refractivity (Wildman–Crippen MR) is 177 cm³/mol. The Labute approximate surface area is 272 Å². The fourth-order valence-corrected chi connectivity index (χ4v) is 13.8. The molecule has 0 radical (unpaired) electrons. The van der Waals surface area contributed by atoms with E-state index in [0.717, 1.165) is 58.0 Å². The molecule has 5 saturated carbocycles. The van der Waals surface area contributed by atoms with Gasteiger partial charge in [0.1, 0.15) is 0 Å².